The molecule has 1 amide bonds. The van der Waals surface area contributed by atoms with E-state index in [4.69, 9.17) is 52.6 Å². The van der Waals surface area contributed by atoms with Crippen LogP contribution in [-0.2, 0) is 45.4 Å². The average Bonchev–Trinajstić information content (AvgIpc) is 1.59. The summed E-state index contributed by atoms with van der Waals surface area (Å²) in [5.74, 6) is 5.60. The van der Waals surface area contributed by atoms with Crippen LogP contribution in [-0.4, -0.2) is 150 Å². The number of fused-ring (bicyclic) bond motifs is 1. The Morgan fingerprint density at radius 1 is 0.839 bits per heavy atom. The number of benzene rings is 4. The molecular weight excluding hydrogens is 1270 g/mol. The minimum atomic E-state index is -3.36. The van der Waals surface area contributed by atoms with Crippen molar-refractivity contribution in [2.24, 2.45) is 4.99 Å². The van der Waals surface area contributed by atoms with Gasteiger partial charge < -0.3 is 47.1 Å². The fourth-order valence-corrected chi connectivity index (χ4v) is 19.7. The topological polar surface area (TPSA) is 181 Å². The fourth-order valence-electron chi connectivity index (χ4n) is 10.4. The van der Waals surface area contributed by atoms with Crippen LogP contribution in [0.3, 0.4) is 0 Å². The van der Waals surface area contributed by atoms with Gasteiger partial charge in [-0.1, -0.05) is 136 Å². The molecule has 0 fully saturated rings. The van der Waals surface area contributed by atoms with Crippen molar-refractivity contribution in [3.63, 3.8) is 0 Å². The number of thiazole rings is 2. The first-order valence-corrected chi connectivity index (χ1v) is 40.8. The van der Waals surface area contributed by atoms with Crippen molar-refractivity contribution in [3.8, 4) is 17.6 Å². The molecule has 93 heavy (non-hydrogen) atoms. The number of hydrogen-bond acceptors (Lipinski definition) is 18. The lowest BCUT2D eigenvalue weighted by atomic mass is 10.2. The standard InChI is InChI=1S/C69H94FN8O10PS2Si2/c1-16-85-89(81,86-17-2)45-42-75(10)49-53(88-93(69(7,8)9,54-31-20-18-21-32-54)55-33-22-19-23-34-55)30-27-41-77(61-47-51(3)63(74-73-61)72-66-78(50-83-44-46-92(13,14)15)57-35-24-25-36-59(57)90-66)65-71-62(64(79)82-12)60(91-65)37-28-43-84-58-39-38-52(48-56(58)70)29-26-40-76(11)67(80)87-68(4,5)6/h18-25,31-36,38-39,47-48,53H,16-17,27-28,30,37,40-46,49-50H2,1-15H3/b72-66-. The number of anilines is 2. The minimum Gasteiger partial charge on any atom is -0.491 e. The van der Waals surface area contributed by atoms with E-state index < -0.39 is 47.5 Å². The van der Waals surface area contributed by atoms with Gasteiger partial charge in [-0.05, 0) is 138 Å². The molecule has 7 rings (SSSR count). The zero-order valence-corrected chi connectivity index (χ0v) is 61.4. The Balaban J connectivity index is 1.23. The van der Waals surface area contributed by atoms with Crippen LogP contribution in [0.1, 0.15) is 101 Å². The summed E-state index contributed by atoms with van der Waals surface area (Å²) in [6.45, 7) is 27.8. The number of rotatable bonds is 32. The maximum atomic E-state index is 15.5. The second kappa shape index (κ2) is 33.8. The van der Waals surface area contributed by atoms with Crippen LogP contribution in [0.4, 0.5) is 26.0 Å². The van der Waals surface area contributed by atoms with Crippen molar-refractivity contribution in [2.45, 2.75) is 137 Å². The van der Waals surface area contributed by atoms with Gasteiger partial charge in [0.15, 0.2) is 38.8 Å². The number of ether oxygens (including phenoxy) is 4. The number of methoxy groups -OCH3 is 1. The molecule has 3 heterocycles. The van der Waals surface area contributed by atoms with E-state index in [9.17, 15) is 14.2 Å². The maximum absolute atomic E-state index is 15.5. The number of nitrogens with zero attached hydrogens (tertiary/aromatic N) is 8. The molecular formula is C69H94FN8O10PS2Si2. The Hall–Kier alpha value is -6.43. The van der Waals surface area contributed by atoms with Crippen molar-refractivity contribution in [1.29, 1.82) is 0 Å². The van der Waals surface area contributed by atoms with Crippen molar-refractivity contribution in [1.82, 2.24) is 29.5 Å². The molecule has 0 N–H and O–H groups in total. The van der Waals surface area contributed by atoms with E-state index in [2.05, 4.69) is 122 Å². The second-order valence-electron chi connectivity index (χ2n) is 26.1. The lowest BCUT2D eigenvalue weighted by Crippen LogP contribution is -2.68. The van der Waals surface area contributed by atoms with Crippen molar-refractivity contribution in [2.75, 3.05) is 84.9 Å². The number of likely N-dealkylation sites (N-methyl/N-ethyl adjacent to an activating group) is 1. The van der Waals surface area contributed by atoms with E-state index in [0.717, 1.165) is 37.0 Å². The van der Waals surface area contributed by atoms with E-state index in [1.807, 2.05) is 63.1 Å². The molecule has 0 aliphatic rings. The molecule has 0 saturated carbocycles. The summed E-state index contributed by atoms with van der Waals surface area (Å²) in [6.07, 6.45) is 1.24. The van der Waals surface area contributed by atoms with Gasteiger partial charge in [-0.2, -0.15) is 4.99 Å². The normalized spacial score (nSPS) is 12.8. The molecule has 18 nitrogen and oxygen atoms in total. The van der Waals surface area contributed by atoms with Crippen LogP contribution in [0.2, 0.25) is 30.7 Å². The molecule has 0 saturated heterocycles. The first-order chi connectivity index (χ1) is 44.2. The van der Waals surface area contributed by atoms with Crippen molar-refractivity contribution >= 4 is 96.1 Å². The maximum Gasteiger partial charge on any atom is 0.410 e. The van der Waals surface area contributed by atoms with Gasteiger partial charge in [-0.25, -0.2) is 19.0 Å². The predicted octanol–water partition coefficient (Wildman–Crippen LogP) is 14.0. The van der Waals surface area contributed by atoms with Gasteiger partial charge in [0, 0.05) is 51.8 Å². The van der Waals surface area contributed by atoms with Crippen molar-refractivity contribution < 1.29 is 51.0 Å². The minimum absolute atomic E-state index is 0.0484. The summed E-state index contributed by atoms with van der Waals surface area (Å²) < 4.78 is 74.9. The summed E-state index contributed by atoms with van der Waals surface area (Å²) in [5.41, 5.74) is 1.70. The van der Waals surface area contributed by atoms with Crippen LogP contribution in [0.25, 0.3) is 10.2 Å². The first kappa shape index (κ1) is 74.0. The van der Waals surface area contributed by atoms with Crippen LogP contribution in [0, 0.1) is 24.6 Å². The number of hydrogen-bond donors (Lipinski definition) is 0. The van der Waals surface area contributed by atoms with E-state index in [-0.39, 0.29) is 55.1 Å². The van der Waals surface area contributed by atoms with Gasteiger partial charge in [0.05, 0.1) is 56.0 Å². The number of halogens is 1. The number of carbonyl (C=O) groups excluding carboxylic acids is 2. The summed E-state index contributed by atoms with van der Waals surface area (Å²) in [7, 11) is -2.89. The Morgan fingerprint density at radius 3 is 2.12 bits per heavy atom. The van der Waals surface area contributed by atoms with Gasteiger partial charge in [0.25, 0.3) is 8.32 Å². The van der Waals surface area contributed by atoms with E-state index in [0.29, 0.717) is 85.9 Å². The zero-order valence-electron chi connectivity index (χ0n) is 56.9. The van der Waals surface area contributed by atoms with Crippen molar-refractivity contribution in [3.05, 3.63) is 142 Å². The number of esters is 1. The van der Waals surface area contributed by atoms with Gasteiger partial charge in [-0.15, -0.1) is 21.5 Å². The second-order valence-corrected chi connectivity index (χ2v) is 40.2. The third kappa shape index (κ3) is 21.0. The number of carbonyl (C=O) groups is 2. The molecule has 0 bridgehead atoms. The van der Waals surface area contributed by atoms with E-state index >= 15 is 4.39 Å². The van der Waals surface area contributed by atoms with Gasteiger partial charge in [-0.3, -0.25) is 9.13 Å². The SMILES string of the molecule is CCOP(=O)(CCN(C)CC(CCCN(c1cc(C)c(/N=c2\sc3ccccc3n2COCC[Si](C)(C)C)nn1)c1nc(C(=O)OC)c(CCCOc2ccc(C#CCN(C)C(=O)OC(C)(C)C)cc2F)s1)O[Si](c1ccccc1)(c1ccccc1)C(C)(C)C)OCC. The molecule has 1 unspecified atom stereocenters. The average molecular weight is 1370 g/mol. The summed E-state index contributed by atoms with van der Waals surface area (Å²) in [4.78, 5) is 43.2. The third-order valence-electron chi connectivity index (χ3n) is 15.1. The molecule has 24 heteroatoms. The molecule has 0 spiro atoms. The largest absolute Gasteiger partial charge is 0.491 e. The third-order valence-corrected chi connectivity index (χ3v) is 26.2. The smallest absolute Gasteiger partial charge is 0.410 e. The Morgan fingerprint density at radius 2 is 1.51 bits per heavy atom. The highest BCUT2D eigenvalue weighted by Crippen LogP contribution is 2.48. The highest BCUT2D eigenvalue weighted by molar-refractivity contribution is 7.53. The molecule has 1 atom stereocenters. The molecule has 7 aromatic rings. The number of amides is 1. The lowest BCUT2D eigenvalue weighted by molar-refractivity contribution is 0.0320. The monoisotopic (exact) mass is 1360 g/mol. The lowest BCUT2D eigenvalue weighted by Gasteiger charge is -2.46. The Bertz CT molecular complexity index is 3720. The molecule has 0 radical (unpaired) electrons. The van der Waals surface area contributed by atoms with Crippen LogP contribution in [0.15, 0.2) is 114 Å². The van der Waals surface area contributed by atoms with Crippen LogP contribution >= 0.6 is 30.3 Å². The quantitative estimate of drug-likeness (QED) is 0.0128. The van der Waals surface area contributed by atoms with Crippen LogP contribution in [0.5, 0.6) is 5.75 Å². The number of para-hydroxylation sites is 1. The van der Waals surface area contributed by atoms with E-state index in [1.165, 1.54) is 35.5 Å². The fraction of sp³-hybridized carbons (Fsp3) is 0.478. The van der Waals surface area contributed by atoms with E-state index in [1.54, 1.807) is 45.2 Å². The Kier molecular flexibility index (Phi) is 26.9. The van der Waals surface area contributed by atoms with Gasteiger partial charge in [0.2, 0.25) is 0 Å². The summed E-state index contributed by atoms with van der Waals surface area (Å²) in [6, 6.07) is 36.8. The summed E-state index contributed by atoms with van der Waals surface area (Å²) in [5, 5.41) is 12.2. The summed E-state index contributed by atoms with van der Waals surface area (Å²) >= 11 is 2.90. The highest BCUT2D eigenvalue weighted by Gasteiger charge is 2.51. The van der Waals surface area contributed by atoms with Gasteiger partial charge >= 0.3 is 19.7 Å². The molecule has 0 aliphatic heterocycles. The molecule has 3 aromatic heterocycles. The number of aromatic nitrogens is 4. The zero-order chi connectivity index (χ0) is 67.6. The molecule has 4 aromatic carbocycles. The van der Waals surface area contributed by atoms with Gasteiger partial charge in [0.1, 0.15) is 12.3 Å². The molecule has 502 valence electrons. The predicted molar refractivity (Wildman–Crippen MR) is 377 cm³/mol. The Labute approximate surface area is 559 Å². The van der Waals surface area contributed by atoms with Crippen LogP contribution < -0.4 is 24.8 Å². The first-order valence-electron chi connectivity index (χ1n) is 31.8. The number of aryl methyl sites for hydroxylation is 2. The molecule has 0 aliphatic carbocycles. The highest BCUT2D eigenvalue weighted by atomic mass is 32.1.